The number of methoxy groups -OCH3 is 1. The van der Waals surface area contributed by atoms with E-state index in [-0.39, 0.29) is 18.2 Å². The quantitative estimate of drug-likeness (QED) is 0.458. The third kappa shape index (κ3) is 3.92. The lowest BCUT2D eigenvalue weighted by Crippen LogP contribution is -2.11. The van der Waals surface area contributed by atoms with Crippen LogP contribution in [0.2, 0.25) is 0 Å². The standard InChI is InChI=1S/C12H12Br2O3/c1-17-12(16)7-9-8(11(15)5-6-13)3-2-4-10(9)14/h2-4H,5-7H2,1H3. The van der Waals surface area contributed by atoms with Gasteiger partial charge >= 0.3 is 5.97 Å². The number of alkyl halides is 1. The average molecular weight is 364 g/mol. The Morgan fingerprint density at radius 2 is 2.06 bits per heavy atom. The number of esters is 1. The van der Waals surface area contributed by atoms with Gasteiger partial charge < -0.3 is 4.74 Å². The second kappa shape index (κ2) is 6.91. The van der Waals surface area contributed by atoms with Crippen LogP contribution in [0.15, 0.2) is 22.7 Å². The van der Waals surface area contributed by atoms with E-state index in [2.05, 4.69) is 36.6 Å². The highest BCUT2D eigenvalue weighted by Crippen LogP contribution is 2.23. The van der Waals surface area contributed by atoms with E-state index < -0.39 is 0 Å². The molecule has 1 aromatic rings. The summed E-state index contributed by atoms with van der Waals surface area (Å²) in [5.74, 6) is -0.341. The van der Waals surface area contributed by atoms with Gasteiger partial charge in [-0.15, -0.1) is 0 Å². The van der Waals surface area contributed by atoms with Gasteiger partial charge in [0.25, 0.3) is 0 Å². The Bertz CT molecular complexity index is 430. The van der Waals surface area contributed by atoms with Crippen LogP contribution in [0.4, 0.5) is 0 Å². The smallest absolute Gasteiger partial charge is 0.310 e. The molecule has 0 spiro atoms. The monoisotopic (exact) mass is 362 g/mol. The zero-order chi connectivity index (χ0) is 12.8. The molecule has 1 rings (SSSR count). The molecule has 92 valence electrons. The van der Waals surface area contributed by atoms with Gasteiger partial charge in [0.1, 0.15) is 0 Å². The maximum absolute atomic E-state index is 11.9. The van der Waals surface area contributed by atoms with Gasteiger partial charge in [0.2, 0.25) is 0 Å². The minimum Gasteiger partial charge on any atom is -0.469 e. The minimum atomic E-state index is -0.357. The SMILES string of the molecule is COC(=O)Cc1c(Br)cccc1C(=O)CCBr. The van der Waals surface area contributed by atoms with E-state index in [4.69, 9.17) is 0 Å². The number of carbonyl (C=O) groups excluding carboxylic acids is 2. The summed E-state index contributed by atoms with van der Waals surface area (Å²) in [6.07, 6.45) is 0.506. The molecule has 17 heavy (non-hydrogen) atoms. The number of carbonyl (C=O) groups is 2. The van der Waals surface area contributed by atoms with Crippen molar-refractivity contribution < 1.29 is 14.3 Å². The van der Waals surface area contributed by atoms with Crippen LogP contribution >= 0.6 is 31.9 Å². The van der Waals surface area contributed by atoms with Gasteiger partial charge in [0.15, 0.2) is 5.78 Å². The van der Waals surface area contributed by atoms with E-state index in [1.807, 2.05) is 6.07 Å². The summed E-state index contributed by atoms with van der Waals surface area (Å²) in [7, 11) is 1.33. The van der Waals surface area contributed by atoms with Gasteiger partial charge in [0.05, 0.1) is 13.5 Å². The first kappa shape index (κ1) is 14.4. The molecule has 5 heteroatoms. The lowest BCUT2D eigenvalue weighted by molar-refractivity contribution is -0.139. The zero-order valence-electron chi connectivity index (χ0n) is 9.33. The average Bonchev–Trinajstić information content (AvgIpc) is 2.31. The summed E-state index contributed by atoms with van der Waals surface area (Å²) in [5, 5.41) is 0.607. The van der Waals surface area contributed by atoms with Crippen molar-refractivity contribution in [2.75, 3.05) is 12.4 Å². The van der Waals surface area contributed by atoms with E-state index in [0.29, 0.717) is 22.9 Å². The highest BCUT2D eigenvalue weighted by Gasteiger charge is 2.16. The molecule has 0 aliphatic carbocycles. The van der Waals surface area contributed by atoms with Gasteiger partial charge in [-0.2, -0.15) is 0 Å². The Labute approximate surface area is 117 Å². The third-order valence-corrected chi connectivity index (χ3v) is 3.43. The van der Waals surface area contributed by atoms with Crippen LogP contribution in [0.5, 0.6) is 0 Å². The van der Waals surface area contributed by atoms with Crippen molar-refractivity contribution in [3.8, 4) is 0 Å². The molecule has 0 aliphatic heterocycles. The fourth-order valence-electron chi connectivity index (χ4n) is 1.44. The van der Waals surface area contributed by atoms with Gasteiger partial charge in [-0.1, -0.05) is 44.0 Å². The van der Waals surface area contributed by atoms with Crippen LogP contribution in [-0.2, 0) is 16.0 Å². The summed E-state index contributed by atoms with van der Waals surface area (Å²) < 4.78 is 5.38. The Morgan fingerprint density at radius 1 is 1.35 bits per heavy atom. The first-order valence-electron chi connectivity index (χ1n) is 5.03. The van der Waals surface area contributed by atoms with Gasteiger partial charge in [-0.05, 0) is 11.6 Å². The van der Waals surface area contributed by atoms with Crippen LogP contribution in [0.1, 0.15) is 22.3 Å². The van der Waals surface area contributed by atoms with Crippen molar-refractivity contribution >= 4 is 43.6 Å². The zero-order valence-corrected chi connectivity index (χ0v) is 12.5. The third-order valence-electron chi connectivity index (χ3n) is 2.29. The van der Waals surface area contributed by atoms with Crippen molar-refractivity contribution in [2.45, 2.75) is 12.8 Å². The molecule has 0 saturated heterocycles. The number of hydrogen-bond donors (Lipinski definition) is 0. The van der Waals surface area contributed by atoms with E-state index in [1.165, 1.54) is 7.11 Å². The molecule has 0 radical (unpaired) electrons. The van der Waals surface area contributed by atoms with Crippen LogP contribution in [0.3, 0.4) is 0 Å². The number of hydrogen-bond acceptors (Lipinski definition) is 3. The second-order valence-corrected chi connectivity index (χ2v) is 5.03. The summed E-state index contributed by atoms with van der Waals surface area (Å²) in [5.41, 5.74) is 1.26. The number of rotatable bonds is 5. The molecule has 0 aromatic heterocycles. The highest BCUT2D eigenvalue weighted by molar-refractivity contribution is 9.10. The summed E-state index contributed by atoms with van der Waals surface area (Å²) in [6.45, 7) is 0. The van der Waals surface area contributed by atoms with Crippen molar-refractivity contribution in [3.05, 3.63) is 33.8 Å². The van der Waals surface area contributed by atoms with Gasteiger partial charge in [0, 0.05) is 21.8 Å². The van der Waals surface area contributed by atoms with Crippen LogP contribution in [0, 0.1) is 0 Å². The molecule has 0 N–H and O–H groups in total. The van der Waals surface area contributed by atoms with Gasteiger partial charge in [-0.25, -0.2) is 0 Å². The Morgan fingerprint density at radius 3 is 2.65 bits per heavy atom. The molecule has 0 heterocycles. The van der Waals surface area contributed by atoms with Crippen molar-refractivity contribution in [1.82, 2.24) is 0 Å². The molecule has 0 amide bonds. The number of Topliss-reactive ketones (excluding diaryl/α,β-unsaturated/α-hetero) is 1. The molecule has 0 aliphatic rings. The van der Waals surface area contributed by atoms with Crippen LogP contribution in [-0.4, -0.2) is 24.2 Å². The Balaban J connectivity index is 3.08. The lowest BCUT2D eigenvalue weighted by Gasteiger charge is -2.09. The van der Waals surface area contributed by atoms with Crippen molar-refractivity contribution in [2.24, 2.45) is 0 Å². The molecule has 1 aromatic carbocycles. The molecular weight excluding hydrogens is 352 g/mol. The molecule has 0 atom stereocenters. The Kier molecular flexibility index (Phi) is 5.85. The molecule has 0 bridgehead atoms. The van der Waals surface area contributed by atoms with Crippen molar-refractivity contribution in [3.63, 3.8) is 0 Å². The molecule has 0 fully saturated rings. The van der Waals surface area contributed by atoms with Gasteiger partial charge in [-0.3, -0.25) is 9.59 Å². The van der Waals surface area contributed by atoms with Crippen molar-refractivity contribution in [1.29, 1.82) is 0 Å². The Hall–Kier alpha value is -0.680. The topological polar surface area (TPSA) is 43.4 Å². The highest BCUT2D eigenvalue weighted by atomic mass is 79.9. The largest absolute Gasteiger partial charge is 0.469 e. The predicted octanol–water partition coefficient (Wildman–Crippen LogP) is 3.13. The molecule has 0 saturated carbocycles. The summed E-state index contributed by atoms with van der Waals surface area (Å²) in [6, 6.07) is 5.32. The summed E-state index contributed by atoms with van der Waals surface area (Å²) >= 11 is 6.58. The maximum atomic E-state index is 11.9. The number of ether oxygens (including phenoxy) is 1. The van der Waals surface area contributed by atoms with E-state index in [1.54, 1.807) is 12.1 Å². The fraction of sp³-hybridized carbons (Fsp3) is 0.333. The molecule has 0 unspecified atom stereocenters. The minimum absolute atomic E-state index is 0.0158. The first-order valence-corrected chi connectivity index (χ1v) is 6.95. The predicted molar refractivity (Wildman–Crippen MR) is 72.6 cm³/mol. The van der Waals surface area contributed by atoms with E-state index in [9.17, 15) is 9.59 Å². The maximum Gasteiger partial charge on any atom is 0.310 e. The van der Waals surface area contributed by atoms with Crippen LogP contribution in [0.25, 0.3) is 0 Å². The lowest BCUT2D eigenvalue weighted by atomic mass is 10.00. The van der Waals surface area contributed by atoms with E-state index in [0.717, 1.165) is 4.47 Å². The second-order valence-electron chi connectivity index (χ2n) is 3.38. The number of ketones is 1. The normalized spacial score (nSPS) is 10.1. The number of halogens is 2. The van der Waals surface area contributed by atoms with Crippen LogP contribution < -0.4 is 0 Å². The van der Waals surface area contributed by atoms with E-state index >= 15 is 0 Å². The summed E-state index contributed by atoms with van der Waals surface area (Å²) in [4.78, 5) is 23.2. The first-order chi connectivity index (χ1) is 8.10. The number of benzene rings is 1. The molecule has 3 nitrogen and oxygen atoms in total. The molecular formula is C12H12Br2O3. The fourth-order valence-corrected chi connectivity index (χ4v) is 2.30.